The maximum Gasteiger partial charge on any atom is 0.255 e. The molecule has 1 aliphatic rings. The monoisotopic (exact) mass is 623 g/mol. The molecule has 4 N–H and O–H groups in total. The molecule has 2 aromatic carbocycles. The van der Waals surface area contributed by atoms with Gasteiger partial charge in [-0.15, -0.1) is 0 Å². The Labute approximate surface area is 266 Å². The van der Waals surface area contributed by atoms with Gasteiger partial charge in [0.25, 0.3) is 5.91 Å². The number of benzene rings is 2. The largest absolute Gasteiger partial charge is 0.361 e. The quantitative estimate of drug-likeness (QED) is 0.264. The SMILES string of the molecule is C[C@H]1C(=O)N[C@@H](Cc2ccccc2)C(=O)NCCN(C(=O)c2cccnc2)CC(=O)N[C@@H](Cc2c[nH]c3ccccc23)C(=O)N1C. The minimum absolute atomic E-state index is 0.00371. The summed E-state index contributed by atoms with van der Waals surface area (Å²) in [6.45, 7) is 1.22. The second-order valence-corrected chi connectivity index (χ2v) is 11.3. The third-order valence-electron chi connectivity index (χ3n) is 8.17. The van der Waals surface area contributed by atoms with Gasteiger partial charge in [0.05, 0.1) is 12.1 Å². The molecule has 5 rings (SSSR count). The Morgan fingerprint density at radius 1 is 0.891 bits per heavy atom. The van der Waals surface area contributed by atoms with Gasteiger partial charge in [0, 0.05) is 62.5 Å². The zero-order valence-electron chi connectivity index (χ0n) is 25.7. The van der Waals surface area contributed by atoms with Gasteiger partial charge in [-0.3, -0.25) is 29.0 Å². The molecule has 5 amide bonds. The van der Waals surface area contributed by atoms with E-state index in [-0.39, 0.29) is 38.0 Å². The van der Waals surface area contributed by atoms with Gasteiger partial charge in [0.2, 0.25) is 23.6 Å². The number of para-hydroxylation sites is 1. The van der Waals surface area contributed by atoms with Crippen molar-refractivity contribution >= 4 is 40.4 Å². The normalized spacial score (nSPS) is 20.3. The minimum atomic E-state index is -1.05. The molecular weight excluding hydrogens is 586 g/mol. The fraction of sp³-hybridized carbons (Fsp3) is 0.294. The van der Waals surface area contributed by atoms with Crippen LogP contribution in [0.3, 0.4) is 0 Å². The number of hydrogen-bond donors (Lipinski definition) is 4. The van der Waals surface area contributed by atoms with Gasteiger partial charge in [-0.05, 0) is 36.2 Å². The number of nitrogens with one attached hydrogen (secondary N) is 4. The maximum atomic E-state index is 14.0. The van der Waals surface area contributed by atoms with Crippen LogP contribution < -0.4 is 16.0 Å². The molecule has 1 fully saturated rings. The molecule has 0 unspecified atom stereocenters. The molecule has 3 atom stereocenters. The van der Waals surface area contributed by atoms with Crippen LogP contribution in [-0.4, -0.2) is 94.1 Å². The molecule has 0 radical (unpaired) electrons. The number of aromatic amines is 1. The summed E-state index contributed by atoms with van der Waals surface area (Å²) in [4.78, 5) is 77.6. The van der Waals surface area contributed by atoms with E-state index in [4.69, 9.17) is 0 Å². The van der Waals surface area contributed by atoms with E-state index in [0.29, 0.717) is 0 Å². The highest BCUT2D eigenvalue weighted by Gasteiger charge is 2.33. The number of pyridine rings is 1. The van der Waals surface area contributed by atoms with E-state index in [0.717, 1.165) is 22.0 Å². The van der Waals surface area contributed by atoms with Gasteiger partial charge in [0.1, 0.15) is 18.1 Å². The third-order valence-corrected chi connectivity index (χ3v) is 8.17. The Balaban J connectivity index is 1.47. The maximum absolute atomic E-state index is 14.0. The van der Waals surface area contributed by atoms with Crippen LogP contribution in [0.4, 0.5) is 0 Å². The van der Waals surface area contributed by atoms with Crippen molar-refractivity contribution in [2.45, 2.75) is 37.9 Å². The number of likely N-dealkylation sites (N-methyl/N-ethyl adjacent to an activating group) is 1. The number of nitrogens with zero attached hydrogens (tertiary/aromatic N) is 3. The molecule has 0 bridgehead atoms. The number of carbonyl (C=O) groups is 5. The second kappa shape index (κ2) is 14.5. The number of hydrogen-bond acceptors (Lipinski definition) is 6. The van der Waals surface area contributed by atoms with Crippen molar-refractivity contribution in [1.82, 2.24) is 35.7 Å². The average Bonchev–Trinajstić information content (AvgIpc) is 3.48. The minimum Gasteiger partial charge on any atom is -0.361 e. The van der Waals surface area contributed by atoms with Crippen molar-refractivity contribution in [2.75, 3.05) is 26.7 Å². The van der Waals surface area contributed by atoms with Crippen LogP contribution >= 0.6 is 0 Å². The van der Waals surface area contributed by atoms with Crippen LogP contribution in [0.15, 0.2) is 85.3 Å². The molecule has 12 heteroatoms. The highest BCUT2D eigenvalue weighted by atomic mass is 16.2. The topological polar surface area (TPSA) is 157 Å². The smallest absolute Gasteiger partial charge is 0.255 e. The van der Waals surface area contributed by atoms with E-state index in [2.05, 4.69) is 25.9 Å². The molecule has 0 saturated carbocycles. The number of carbonyl (C=O) groups excluding carboxylic acids is 5. The molecule has 0 spiro atoms. The first-order chi connectivity index (χ1) is 22.2. The Hall–Kier alpha value is -5.52. The highest BCUT2D eigenvalue weighted by molar-refractivity contribution is 5.98. The number of amides is 5. The lowest BCUT2D eigenvalue weighted by molar-refractivity contribution is -0.142. The van der Waals surface area contributed by atoms with Gasteiger partial charge in [-0.1, -0.05) is 48.5 Å². The summed E-state index contributed by atoms with van der Waals surface area (Å²) >= 11 is 0. The summed E-state index contributed by atoms with van der Waals surface area (Å²) < 4.78 is 0. The van der Waals surface area contributed by atoms with Crippen LogP contribution in [0.5, 0.6) is 0 Å². The number of aromatic nitrogens is 2. The Kier molecular flexibility index (Phi) is 10.1. The molecule has 12 nitrogen and oxygen atoms in total. The van der Waals surface area contributed by atoms with Crippen molar-refractivity contribution in [2.24, 2.45) is 0 Å². The molecule has 1 aliphatic heterocycles. The lowest BCUT2D eigenvalue weighted by Crippen LogP contribution is -2.57. The highest BCUT2D eigenvalue weighted by Crippen LogP contribution is 2.20. The Morgan fingerprint density at radius 3 is 2.41 bits per heavy atom. The molecule has 1 saturated heterocycles. The van der Waals surface area contributed by atoms with Crippen molar-refractivity contribution in [1.29, 1.82) is 0 Å². The standard InChI is InChI=1S/C34H37N7O5/c1-22-31(43)39-28(17-23-9-4-3-5-10-23)32(44)36-15-16-41(33(45)24-11-8-14-35-19-24)21-30(42)38-29(34(46)40(22)2)18-25-20-37-27-13-7-6-12-26(25)27/h3-14,19-20,22,28-29,37H,15-18,21H2,1-2H3,(H,36,44)(H,38,42)(H,39,43)/t22-,28-,29-/m0/s1. The van der Waals surface area contributed by atoms with Crippen molar-refractivity contribution in [3.63, 3.8) is 0 Å². The summed E-state index contributed by atoms with van der Waals surface area (Å²) in [5, 5.41) is 9.34. The summed E-state index contributed by atoms with van der Waals surface area (Å²) in [5.74, 6) is -2.49. The van der Waals surface area contributed by atoms with E-state index in [1.54, 1.807) is 25.3 Å². The molecule has 2 aromatic heterocycles. The van der Waals surface area contributed by atoms with Crippen LogP contribution in [0.2, 0.25) is 0 Å². The van der Waals surface area contributed by atoms with E-state index < -0.39 is 47.7 Å². The lowest BCUT2D eigenvalue weighted by Gasteiger charge is -2.30. The number of H-pyrrole nitrogens is 1. The van der Waals surface area contributed by atoms with E-state index in [9.17, 15) is 24.0 Å². The van der Waals surface area contributed by atoms with Crippen LogP contribution in [-0.2, 0) is 32.0 Å². The number of fused-ring (bicyclic) bond motifs is 1. The first-order valence-corrected chi connectivity index (χ1v) is 15.1. The predicted octanol–water partition coefficient (Wildman–Crippen LogP) is 1.44. The van der Waals surface area contributed by atoms with E-state index in [1.807, 2.05) is 54.6 Å². The van der Waals surface area contributed by atoms with Crippen LogP contribution in [0.25, 0.3) is 10.9 Å². The molecular formula is C34H37N7O5. The predicted molar refractivity (Wildman–Crippen MR) is 171 cm³/mol. The molecule has 0 aliphatic carbocycles. The molecule has 238 valence electrons. The zero-order chi connectivity index (χ0) is 32.6. The van der Waals surface area contributed by atoms with Gasteiger partial charge in [0.15, 0.2) is 0 Å². The zero-order valence-corrected chi connectivity index (χ0v) is 25.7. The lowest BCUT2D eigenvalue weighted by atomic mass is 10.0. The summed E-state index contributed by atoms with van der Waals surface area (Å²) in [6.07, 6.45) is 5.08. The third kappa shape index (κ3) is 7.57. The van der Waals surface area contributed by atoms with Gasteiger partial charge in [-0.25, -0.2) is 0 Å². The van der Waals surface area contributed by atoms with E-state index in [1.165, 1.54) is 29.2 Å². The molecule has 46 heavy (non-hydrogen) atoms. The van der Waals surface area contributed by atoms with Crippen LogP contribution in [0.1, 0.15) is 28.4 Å². The number of rotatable bonds is 5. The summed E-state index contributed by atoms with van der Waals surface area (Å²) in [5.41, 5.74) is 2.79. The second-order valence-electron chi connectivity index (χ2n) is 11.3. The fourth-order valence-corrected chi connectivity index (χ4v) is 5.46. The molecule has 4 aromatic rings. The first kappa shape index (κ1) is 31.9. The average molecular weight is 624 g/mol. The van der Waals surface area contributed by atoms with Gasteiger partial charge < -0.3 is 30.7 Å². The summed E-state index contributed by atoms with van der Waals surface area (Å²) in [7, 11) is 1.49. The first-order valence-electron chi connectivity index (χ1n) is 15.1. The van der Waals surface area contributed by atoms with Gasteiger partial charge >= 0.3 is 0 Å². The Morgan fingerprint density at radius 2 is 1.65 bits per heavy atom. The van der Waals surface area contributed by atoms with E-state index >= 15 is 0 Å². The Bertz CT molecular complexity index is 1710. The van der Waals surface area contributed by atoms with Crippen molar-refractivity contribution < 1.29 is 24.0 Å². The summed E-state index contributed by atoms with van der Waals surface area (Å²) in [6, 6.07) is 17.1. The van der Waals surface area contributed by atoms with Crippen LogP contribution in [0, 0.1) is 0 Å². The van der Waals surface area contributed by atoms with Crippen molar-refractivity contribution in [3.05, 3.63) is 102 Å². The molecule has 3 heterocycles. The fourth-order valence-electron chi connectivity index (χ4n) is 5.46. The van der Waals surface area contributed by atoms with Crippen molar-refractivity contribution in [3.8, 4) is 0 Å². The van der Waals surface area contributed by atoms with Gasteiger partial charge in [-0.2, -0.15) is 0 Å².